The van der Waals surface area contributed by atoms with E-state index in [0.29, 0.717) is 0 Å². The van der Waals surface area contributed by atoms with Gasteiger partial charge in [0.25, 0.3) is 0 Å². The molecule has 1 heterocycles. The Morgan fingerprint density at radius 2 is 1.96 bits per heavy atom. The zero-order valence-electron chi connectivity index (χ0n) is 12.7. The van der Waals surface area contributed by atoms with Crippen LogP contribution in [0, 0.1) is 5.82 Å². The highest BCUT2D eigenvalue weighted by molar-refractivity contribution is 7.10. The quantitative estimate of drug-likeness (QED) is 0.805. The third-order valence-electron chi connectivity index (χ3n) is 3.18. The molecule has 1 aromatic heterocycles. The number of halogens is 1. The van der Waals surface area contributed by atoms with Crippen molar-refractivity contribution >= 4 is 23.2 Å². The van der Waals surface area contributed by atoms with Crippen LogP contribution in [0.1, 0.15) is 16.5 Å². The van der Waals surface area contributed by atoms with E-state index in [-0.39, 0.29) is 30.9 Å². The molecular formula is C16H18FN3O2S. The standard InChI is InChI=1S/C16H18FN3O2S/c1-20(9-14(18)21)10-15(22)19-16(13-3-2-8-23-13)11-4-6-12(17)7-5-11/h2-8,16H,9-10H2,1H3,(H2,18,21)(H,19,22)/t16-/m0/s1. The molecule has 0 spiro atoms. The molecule has 1 atom stereocenters. The van der Waals surface area contributed by atoms with Gasteiger partial charge in [0.05, 0.1) is 19.1 Å². The zero-order chi connectivity index (χ0) is 16.8. The molecule has 7 heteroatoms. The molecule has 2 rings (SSSR count). The van der Waals surface area contributed by atoms with Gasteiger partial charge in [-0.1, -0.05) is 18.2 Å². The molecule has 0 fully saturated rings. The van der Waals surface area contributed by atoms with Gasteiger partial charge in [-0.25, -0.2) is 4.39 Å². The summed E-state index contributed by atoms with van der Waals surface area (Å²) in [4.78, 5) is 25.6. The third-order valence-corrected chi connectivity index (χ3v) is 4.11. The fraction of sp³-hybridized carbons (Fsp3) is 0.250. The minimum Gasteiger partial charge on any atom is -0.369 e. The fourth-order valence-electron chi connectivity index (χ4n) is 2.20. The lowest BCUT2D eigenvalue weighted by atomic mass is 10.1. The first-order chi connectivity index (χ1) is 11.0. The van der Waals surface area contributed by atoms with Gasteiger partial charge in [0.1, 0.15) is 5.82 Å². The molecule has 0 saturated heterocycles. The molecule has 0 bridgehead atoms. The fourth-order valence-corrected chi connectivity index (χ4v) is 3.01. The summed E-state index contributed by atoms with van der Waals surface area (Å²) in [5.41, 5.74) is 5.90. The smallest absolute Gasteiger partial charge is 0.234 e. The number of thiophene rings is 1. The first-order valence-corrected chi connectivity index (χ1v) is 7.88. The summed E-state index contributed by atoms with van der Waals surface area (Å²) in [5.74, 6) is -1.06. The summed E-state index contributed by atoms with van der Waals surface area (Å²) in [5, 5.41) is 4.83. The minimum absolute atomic E-state index is 0.00758. The van der Waals surface area contributed by atoms with Crippen molar-refractivity contribution in [3.05, 3.63) is 58.0 Å². The van der Waals surface area contributed by atoms with Gasteiger partial charge < -0.3 is 11.1 Å². The lowest BCUT2D eigenvalue weighted by Gasteiger charge is -2.20. The monoisotopic (exact) mass is 335 g/mol. The summed E-state index contributed by atoms with van der Waals surface area (Å²) < 4.78 is 13.1. The molecule has 1 aromatic carbocycles. The maximum Gasteiger partial charge on any atom is 0.234 e. The first-order valence-electron chi connectivity index (χ1n) is 7.01. The molecule has 0 radical (unpaired) electrons. The number of nitrogens with zero attached hydrogens (tertiary/aromatic N) is 1. The van der Waals surface area contributed by atoms with Gasteiger partial charge in [0.15, 0.2) is 0 Å². The van der Waals surface area contributed by atoms with Crippen molar-refractivity contribution in [2.45, 2.75) is 6.04 Å². The second kappa shape index (κ2) is 7.85. The number of carbonyl (C=O) groups is 2. The van der Waals surface area contributed by atoms with Gasteiger partial charge in [-0.15, -0.1) is 11.3 Å². The number of rotatable bonds is 7. The number of carbonyl (C=O) groups excluding carboxylic acids is 2. The van der Waals surface area contributed by atoms with Crippen LogP contribution in [0.5, 0.6) is 0 Å². The van der Waals surface area contributed by atoms with E-state index in [1.165, 1.54) is 28.4 Å². The zero-order valence-corrected chi connectivity index (χ0v) is 13.5. The summed E-state index contributed by atoms with van der Waals surface area (Å²) in [7, 11) is 1.64. The number of likely N-dealkylation sites (N-methyl/N-ethyl adjacent to an activating group) is 1. The molecular weight excluding hydrogens is 317 g/mol. The van der Waals surface area contributed by atoms with E-state index in [1.54, 1.807) is 19.2 Å². The van der Waals surface area contributed by atoms with Crippen LogP contribution in [0.15, 0.2) is 41.8 Å². The number of benzene rings is 1. The van der Waals surface area contributed by atoms with E-state index in [2.05, 4.69) is 5.32 Å². The Balaban J connectivity index is 2.11. The van der Waals surface area contributed by atoms with Crippen LogP contribution < -0.4 is 11.1 Å². The second-order valence-corrected chi connectivity index (χ2v) is 6.19. The van der Waals surface area contributed by atoms with Crippen molar-refractivity contribution in [3.63, 3.8) is 0 Å². The van der Waals surface area contributed by atoms with E-state index in [0.717, 1.165) is 10.4 Å². The highest BCUT2D eigenvalue weighted by Gasteiger charge is 2.19. The predicted octanol–water partition coefficient (Wildman–Crippen LogP) is 1.51. The Kier molecular flexibility index (Phi) is 5.84. The highest BCUT2D eigenvalue weighted by atomic mass is 32.1. The van der Waals surface area contributed by atoms with Gasteiger partial charge in [0.2, 0.25) is 11.8 Å². The number of nitrogens with one attached hydrogen (secondary N) is 1. The summed E-state index contributed by atoms with van der Waals surface area (Å²) in [6.45, 7) is 0.0552. The van der Waals surface area contributed by atoms with E-state index in [9.17, 15) is 14.0 Å². The number of nitrogens with two attached hydrogens (primary N) is 1. The van der Waals surface area contributed by atoms with Crippen LogP contribution in [0.3, 0.4) is 0 Å². The molecule has 0 aliphatic carbocycles. The van der Waals surface area contributed by atoms with Crippen LogP contribution in [0.2, 0.25) is 0 Å². The molecule has 3 N–H and O–H groups in total. The predicted molar refractivity (Wildman–Crippen MR) is 87.4 cm³/mol. The van der Waals surface area contributed by atoms with Gasteiger partial charge in [0, 0.05) is 4.88 Å². The maximum atomic E-state index is 13.1. The van der Waals surface area contributed by atoms with Crippen LogP contribution in [-0.4, -0.2) is 36.9 Å². The van der Waals surface area contributed by atoms with E-state index in [4.69, 9.17) is 5.73 Å². The molecule has 2 aromatic rings. The molecule has 2 amide bonds. The van der Waals surface area contributed by atoms with Gasteiger partial charge in [-0.05, 0) is 36.2 Å². The van der Waals surface area contributed by atoms with Crippen molar-refractivity contribution in [2.75, 3.05) is 20.1 Å². The van der Waals surface area contributed by atoms with Crippen LogP contribution >= 0.6 is 11.3 Å². The Hall–Kier alpha value is -2.25. The van der Waals surface area contributed by atoms with Crippen molar-refractivity contribution < 1.29 is 14.0 Å². The molecule has 0 saturated carbocycles. The Labute approximate surface area is 137 Å². The summed E-state index contributed by atoms with van der Waals surface area (Å²) >= 11 is 1.51. The van der Waals surface area contributed by atoms with E-state index < -0.39 is 5.91 Å². The van der Waals surface area contributed by atoms with Crippen molar-refractivity contribution in [1.82, 2.24) is 10.2 Å². The molecule has 23 heavy (non-hydrogen) atoms. The normalized spacial score (nSPS) is 12.1. The number of primary amides is 1. The SMILES string of the molecule is CN(CC(N)=O)CC(=O)N[C@@H](c1ccc(F)cc1)c1cccs1. The van der Waals surface area contributed by atoms with E-state index >= 15 is 0 Å². The van der Waals surface area contributed by atoms with Crippen molar-refractivity contribution in [1.29, 1.82) is 0 Å². The first kappa shape index (κ1) is 17.1. The average Bonchev–Trinajstić information content (AvgIpc) is 2.98. The van der Waals surface area contributed by atoms with Crippen LogP contribution in [-0.2, 0) is 9.59 Å². The molecule has 5 nitrogen and oxygen atoms in total. The molecule has 0 unspecified atom stereocenters. The Bertz CT molecular complexity index is 658. The van der Waals surface area contributed by atoms with Crippen LogP contribution in [0.4, 0.5) is 4.39 Å². The number of hydrogen-bond acceptors (Lipinski definition) is 4. The average molecular weight is 335 g/mol. The largest absolute Gasteiger partial charge is 0.369 e. The second-order valence-electron chi connectivity index (χ2n) is 5.21. The van der Waals surface area contributed by atoms with Crippen molar-refractivity contribution in [3.8, 4) is 0 Å². The molecule has 0 aliphatic heterocycles. The Morgan fingerprint density at radius 1 is 1.26 bits per heavy atom. The highest BCUT2D eigenvalue weighted by Crippen LogP contribution is 2.26. The number of hydrogen-bond donors (Lipinski definition) is 2. The lowest BCUT2D eigenvalue weighted by molar-refractivity contribution is -0.123. The Morgan fingerprint density at radius 3 is 2.52 bits per heavy atom. The lowest BCUT2D eigenvalue weighted by Crippen LogP contribution is -2.40. The maximum absolute atomic E-state index is 13.1. The number of amides is 2. The molecule has 122 valence electrons. The van der Waals surface area contributed by atoms with Crippen LogP contribution in [0.25, 0.3) is 0 Å². The van der Waals surface area contributed by atoms with Gasteiger partial charge >= 0.3 is 0 Å². The van der Waals surface area contributed by atoms with Crippen molar-refractivity contribution in [2.24, 2.45) is 5.73 Å². The van der Waals surface area contributed by atoms with Gasteiger partial charge in [-0.2, -0.15) is 0 Å². The molecule has 0 aliphatic rings. The summed E-state index contributed by atoms with van der Waals surface area (Å²) in [6.07, 6.45) is 0. The summed E-state index contributed by atoms with van der Waals surface area (Å²) in [6, 6.07) is 9.46. The minimum atomic E-state index is -0.492. The topological polar surface area (TPSA) is 75.4 Å². The van der Waals surface area contributed by atoms with E-state index in [1.807, 2.05) is 17.5 Å². The van der Waals surface area contributed by atoms with Gasteiger partial charge in [-0.3, -0.25) is 14.5 Å². The third kappa shape index (κ3) is 5.15.